The second-order valence-electron chi connectivity index (χ2n) is 3.13. The zero-order valence-electron chi connectivity index (χ0n) is 8.75. The van der Waals surface area contributed by atoms with Crippen LogP contribution in [0.4, 0.5) is 0 Å². The lowest BCUT2D eigenvalue weighted by Gasteiger charge is -2.07. The van der Waals surface area contributed by atoms with Crippen molar-refractivity contribution in [2.75, 3.05) is 0 Å². The summed E-state index contributed by atoms with van der Waals surface area (Å²) in [6, 6.07) is 1.26. The summed E-state index contributed by atoms with van der Waals surface area (Å²) in [5, 5.41) is 8.67. The minimum atomic E-state index is -1.19. The van der Waals surface area contributed by atoms with Gasteiger partial charge in [-0.2, -0.15) is 0 Å². The molecule has 0 bridgehead atoms. The highest BCUT2D eigenvalue weighted by Crippen LogP contribution is 2.25. The summed E-state index contributed by atoms with van der Waals surface area (Å²) >= 11 is 5.68. The molecule has 0 radical (unpaired) electrons. The quantitative estimate of drug-likeness (QED) is 0.868. The molecular formula is C10H6ClN3O4. The van der Waals surface area contributed by atoms with E-state index in [9.17, 15) is 9.59 Å². The highest BCUT2D eigenvalue weighted by molar-refractivity contribution is 6.31. The van der Waals surface area contributed by atoms with Gasteiger partial charge >= 0.3 is 5.97 Å². The maximum atomic E-state index is 11.2. The van der Waals surface area contributed by atoms with Gasteiger partial charge in [-0.3, -0.25) is 9.78 Å². The van der Waals surface area contributed by atoms with E-state index in [1.807, 2.05) is 0 Å². The Morgan fingerprint density at radius 3 is 3.00 bits per heavy atom. The molecule has 0 spiro atoms. The van der Waals surface area contributed by atoms with E-state index in [1.165, 1.54) is 18.5 Å². The summed E-state index contributed by atoms with van der Waals surface area (Å²) in [7, 11) is 0. The van der Waals surface area contributed by atoms with Crippen LogP contribution in [-0.4, -0.2) is 26.0 Å². The molecule has 0 amide bonds. The van der Waals surface area contributed by atoms with Crippen LogP contribution in [-0.2, 0) is 0 Å². The Morgan fingerprint density at radius 2 is 2.28 bits per heavy atom. The van der Waals surface area contributed by atoms with E-state index in [-0.39, 0.29) is 22.2 Å². The minimum absolute atomic E-state index is 0.0509. The predicted molar refractivity (Wildman–Crippen MR) is 61.1 cm³/mol. The number of carboxylic acid groups (broad SMARTS) is 1. The lowest BCUT2D eigenvalue weighted by molar-refractivity contribution is 0.0694. The van der Waals surface area contributed by atoms with Crippen molar-refractivity contribution in [3.05, 3.63) is 45.7 Å². The van der Waals surface area contributed by atoms with Crippen LogP contribution in [0.25, 0.3) is 0 Å². The summed E-state index contributed by atoms with van der Waals surface area (Å²) in [4.78, 5) is 31.8. The summed E-state index contributed by atoms with van der Waals surface area (Å²) in [5.74, 6) is -1.42. The van der Waals surface area contributed by atoms with E-state index in [2.05, 4.69) is 15.0 Å². The van der Waals surface area contributed by atoms with E-state index in [4.69, 9.17) is 21.4 Å². The molecule has 8 heteroatoms. The molecule has 0 saturated heterocycles. The predicted octanol–water partition coefficient (Wildman–Crippen LogP) is 1.31. The number of hydrogen-bond acceptors (Lipinski definition) is 5. The van der Waals surface area contributed by atoms with Gasteiger partial charge in [0, 0.05) is 6.20 Å². The normalized spacial score (nSPS) is 10.1. The maximum absolute atomic E-state index is 11.2. The summed E-state index contributed by atoms with van der Waals surface area (Å²) in [6.07, 6.45) is 3.60. The molecule has 0 saturated carbocycles. The van der Waals surface area contributed by atoms with Crippen LogP contribution in [0, 0.1) is 0 Å². The summed E-state index contributed by atoms with van der Waals surface area (Å²) < 4.78 is 5.18. The van der Waals surface area contributed by atoms with Crippen LogP contribution in [0.2, 0.25) is 5.02 Å². The minimum Gasteiger partial charge on any atom is -0.478 e. The molecule has 2 rings (SSSR count). The van der Waals surface area contributed by atoms with Crippen LogP contribution >= 0.6 is 11.6 Å². The first kappa shape index (κ1) is 12.1. The number of aromatic carboxylic acids is 1. The van der Waals surface area contributed by atoms with Crippen molar-refractivity contribution < 1.29 is 14.6 Å². The number of carbonyl (C=O) groups is 1. The number of carboxylic acids is 1. The number of H-pyrrole nitrogens is 1. The number of ether oxygens (including phenoxy) is 1. The molecule has 0 aliphatic rings. The largest absolute Gasteiger partial charge is 0.478 e. The Labute approximate surface area is 105 Å². The molecule has 0 atom stereocenters. The fourth-order valence-corrected chi connectivity index (χ4v) is 1.32. The van der Waals surface area contributed by atoms with Crippen LogP contribution < -0.4 is 10.3 Å². The van der Waals surface area contributed by atoms with Gasteiger partial charge in [-0.15, -0.1) is 0 Å². The first-order valence-corrected chi connectivity index (χ1v) is 5.05. The van der Waals surface area contributed by atoms with Gasteiger partial charge < -0.3 is 14.8 Å². The Hall–Kier alpha value is -2.41. The number of pyridine rings is 1. The lowest BCUT2D eigenvalue weighted by atomic mass is 10.2. The molecule has 0 aliphatic carbocycles. The fourth-order valence-electron chi connectivity index (χ4n) is 1.18. The molecule has 7 nitrogen and oxygen atoms in total. The first-order chi connectivity index (χ1) is 8.59. The summed E-state index contributed by atoms with van der Waals surface area (Å²) in [5.41, 5.74) is -0.689. The van der Waals surface area contributed by atoms with E-state index < -0.39 is 11.5 Å². The van der Waals surface area contributed by atoms with Crippen LogP contribution in [0.5, 0.6) is 11.6 Å². The Bertz CT molecular complexity index is 656. The smallest absolute Gasteiger partial charge is 0.339 e. The third-order valence-corrected chi connectivity index (χ3v) is 2.32. The maximum Gasteiger partial charge on any atom is 0.339 e. The number of rotatable bonds is 3. The van der Waals surface area contributed by atoms with Crippen molar-refractivity contribution in [3.63, 3.8) is 0 Å². The second kappa shape index (κ2) is 4.84. The molecule has 2 aromatic heterocycles. The topological polar surface area (TPSA) is 105 Å². The monoisotopic (exact) mass is 267 g/mol. The SMILES string of the molecule is O=C(O)c1ccncc1Oc1nc[nH]c(=O)c1Cl. The Balaban J connectivity index is 2.43. The van der Waals surface area contributed by atoms with E-state index in [0.717, 1.165) is 6.33 Å². The van der Waals surface area contributed by atoms with Crippen molar-refractivity contribution >= 4 is 17.6 Å². The number of hydrogen-bond donors (Lipinski definition) is 2. The van der Waals surface area contributed by atoms with Gasteiger partial charge in [-0.1, -0.05) is 11.6 Å². The van der Waals surface area contributed by atoms with Crippen molar-refractivity contribution in [3.8, 4) is 11.6 Å². The van der Waals surface area contributed by atoms with Crippen LogP contribution in [0.3, 0.4) is 0 Å². The third kappa shape index (κ3) is 2.30. The number of halogens is 1. The summed E-state index contributed by atoms with van der Waals surface area (Å²) in [6.45, 7) is 0. The van der Waals surface area contributed by atoms with Gasteiger partial charge in [0.25, 0.3) is 5.56 Å². The Kier molecular flexibility index (Phi) is 3.24. The third-order valence-electron chi connectivity index (χ3n) is 1.99. The van der Waals surface area contributed by atoms with Gasteiger partial charge in [0.15, 0.2) is 10.8 Å². The average molecular weight is 268 g/mol. The number of aromatic nitrogens is 3. The molecule has 2 aromatic rings. The highest BCUT2D eigenvalue weighted by atomic mass is 35.5. The Morgan fingerprint density at radius 1 is 1.50 bits per heavy atom. The fraction of sp³-hybridized carbons (Fsp3) is 0. The van der Waals surface area contributed by atoms with E-state index >= 15 is 0 Å². The number of nitrogens with one attached hydrogen (secondary N) is 1. The number of aromatic amines is 1. The van der Waals surface area contributed by atoms with Gasteiger partial charge in [0.1, 0.15) is 5.56 Å². The van der Waals surface area contributed by atoms with Crippen LogP contribution in [0.1, 0.15) is 10.4 Å². The zero-order valence-corrected chi connectivity index (χ0v) is 9.51. The lowest BCUT2D eigenvalue weighted by Crippen LogP contribution is -2.09. The van der Waals surface area contributed by atoms with E-state index in [1.54, 1.807) is 0 Å². The van der Waals surface area contributed by atoms with Gasteiger partial charge in [-0.25, -0.2) is 9.78 Å². The van der Waals surface area contributed by atoms with Crippen molar-refractivity contribution in [2.24, 2.45) is 0 Å². The molecular weight excluding hydrogens is 262 g/mol. The molecule has 2 heterocycles. The van der Waals surface area contributed by atoms with Gasteiger partial charge in [0.2, 0.25) is 5.88 Å². The highest BCUT2D eigenvalue weighted by Gasteiger charge is 2.15. The van der Waals surface area contributed by atoms with Gasteiger partial charge in [0.05, 0.1) is 12.5 Å². The van der Waals surface area contributed by atoms with Crippen molar-refractivity contribution in [1.82, 2.24) is 15.0 Å². The second-order valence-corrected chi connectivity index (χ2v) is 3.51. The van der Waals surface area contributed by atoms with Crippen LogP contribution in [0.15, 0.2) is 29.6 Å². The zero-order chi connectivity index (χ0) is 13.1. The standard InChI is InChI=1S/C10H6ClN3O4/c11-7-8(15)13-4-14-9(7)18-6-3-12-2-1-5(6)10(16)17/h1-4H,(H,16,17)(H,13,14,15). The molecule has 0 fully saturated rings. The average Bonchev–Trinajstić information content (AvgIpc) is 2.35. The van der Waals surface area contributed by atoms with Gasteiger partial charge in [-0.05, 0) is 6.07 Å². The molecule has 0 unspecified atom stereocenters. The van der Waals surface area contributed by atoms with E-state index in [0.29, 0.717) is 0 Å². The first-order valence-electron chi connectivity index (χ1n) is 4.68. The van der Waals surface area contributed by atoms with Crippen molar-refractivity contribution in [2.45, 2.75) is 0 Å². The molecule has 92 valence electrons. The molecule has 18 heavy (non-hydrogen) atoms. The molecule has 2 N–H and O–H groups in total. The van der Waals surface area contributed by atoms with Crippen molar-refractivity contribution in [1.29, 1.82) is 0 Å². The molecule has 0 aliphatic heterocycles. The number of nitrogens with zero attached hydrogens (tertiary/aromatic N) is 2. The molecule has 0 aromatic carbocycles.